The molecule has 27 heavy (non-hydrogen) atoms. The topological polar surface area (TPSA) is 83.8 Å². The Bertz CT molecular complexity index is 1160. The number of aliphatic hydroxyl groups is 1. The molecule has 2 N–H and O–H groups in total. The maximum atomic E-state index is 11.1. The molecule has 2 aromatic carbocycles. The van der Waals surface area contributed by atoms with Gasteiger partial charge < -0.3 is 19.0 Å². The van der Waals surface area contributed by atoms with Crippen molar-refractivity contribution in [1.82, 2.24) is 0 Å². The third-order valence-electron chi connectivity index (χ3n) is 4.72. The molecule has 0 aliphatic rings. The lowest BCUT2D eigenvalue weighted by molar-refractivity contribution is 0.0697. The van der Waals surface area contributed by atoms with Gasteiger partial charge in [-0.2, -0.15) is 0 Å². The van der Waals surface area contributed by atoms with Crippen molar-refractivity contribution in [2.24, 2.45) is 0 Å². The fraction of sp³-hybridized carbons (Fsp3) is 0.227. The summed E-state index contributed by atoms with van der Waals surface area (Å²) in [5.74, 6) is -0.316. The van der Waals surface area contributed by atoms with Gasteiger partial charge in [-0.15, -0.1) is 0 Å². The number of aliphatic hydroxyl groups excluding tert-OH is 1. The lowest BCUT2D eigenvalue weighted by atomic mass is 9.86. The number of fused-ring (bicyclic) bond motifs is 2. The molecule has 0 amide bonds. The third-order valence-corrected chi connectivity index (χ3v) is 4.72. The van der Waals surface area contributed by atoms with Crippen molar-refractivity contribution in [2.45, 2.75) is 32.3 Å². The first-order valence-corrected chi connectivity index (χ1v) is 8.71. The molecule has 5 heteroatoms. The minimum atomic E-state index is -1.07. The summed E-state index contributed by atoms with van der Waals surface area (Å²) in [5.41, 5.74) is 2.58. The second kappa shape index (κ2) is 5.99. The zero-order valence-electron chi connectivity index (χ0n) is 15.3. The van der Waals surface area contributed by atoms with Crippen LogP contribution in [0.2, 0.25) is 0 Å². The maximum absolute atomic E-state index is 11.1. The molecule has 2 aromatic heterocycles. The lowest BCUT2D eigenvalue weighted by Crippen LogP contribution is -2.10. The second-order valence-corrected chi connectivity index (χ2v) is 7.76. The summed E-state index contributed by atoms with van der Waals surface area (Å²) in [6.07, 6.45) is -1.07. The number of hydrogen-bond donors (Lipinski definition) is 2. The largest absolute Gasteiger partial charge is 0.478 e. The Morgan fingerprint density at radius 2 is 1.44 bits per heavy atom. The van der Waals surface area contributed by atoms with E-state index in [1.54, 1.807) is 12.1 Å². The highest BCUT2D eigenvalue weighted by Crippen LogP contribution is 2.33. The van der Waals surface area contributed by atoms with Gasteiger partial charge in [-0.05, 0) is 53.4 Å². The smallest absolute Gasteiger partial charge is 0.335 e. The van der Waals surface area contributed by atoms with Crippen LogP contribution in [-0.4, -0.2) is 16.2 Å². The van der Waals surface area contributed by atoms with Crippen molar-refractivity contribution in [1.29, 1.82) is 0 Å². The van der Waals surface area contributed by atoms with Gasteiger partial charge in [0.05, 0.1) is 5.56 Å². The number of aromatic carboxylic acids is 1. The van der Waals surface area contributed by atoms with Gasteiger partial charge in [0.15, 0.2) is 6.10 Å². The van der Waals surface area contributed by atoms with E-state index in [-0.39, 0.29) is 11.0 Å². The van der Waals surface area contributed by atoms with Gasteiger partial charge in [0, 0.05) is 10.8 Å². The molecule has 5 nitrogen and oxygen atoms in total. The molecule has 1 atom stereocenters. The van der Waals surface area contributed by atoms with E-state index in [0.717, 1.165) is 5.39 Å². The van der Waals surface area contributed by atoms with Crippen molar-refractivity contribution in [3.05, 3.63) is 71.2 Å². The Kier molecular flexibility index (Phi) is 3.86. The Hall–Kier alpha value is -3.05. The molecule has 1 unspecified atom stereocenters. The molecule has 0 aliphatic heterocycles. The molecule has 4 aromatic rings. The zero-order valence-corrected chi connectivity index (χ0v) is 15.3. The Morgan fingerprint density at radius 3 is 2.00 bits per heavy atom. The molecule has 0 aliphatic carbocycles. The summed E-state index contributed by atoms with van der Waals surface area (Å²) in [6, 6.07) is 14.0. The predicted molar refractivity (Wildman–Crippen MR) is 102 cm³/mol. The number of rotatable bonds is 3. The van der Waals surface area contributed by atoms with Crippen LogP contribution in [0.25, 0.3) is 21.9 Å². The number of benzene rings is 2. The van der Waals surface area contributed by atoms with E-state index in [1.165, 1.54) is 17.7 Å². The van der Waals surface area contributed by atoms with Crippen LogP contribution < -0.4 is 0 Å². The van der Waals surface area contributed by atoms with Gasteiger partial charge in [0.2, 0.25) is 0 Å². The van der Waals surface area contributed by atoms with Crippen LogP contribution in [0.15, 0.2) is 57.4 Å². The van der Waals surface area contributed by atoms with Crippen molar-refractivity contribution >= 4 is 27.9 Å². The fourth-order valence-corrected chi connectivity index (χ4v) is 3.14. The Labute approximate surface area is 155 Å². The minimum Gasteiger partial charge on any atom is -0.478 e. The van der Waals surface area contributed by atoms with Crippen LogP contribution in [0.5, 0.6) is 0 Å². The molecule has 4 rings (SSSR count). The van der Waals surface area contributed by atoms with Crippen LogP contribution in [0.3, 0.4) is 0 Å². The third kappa shape index (κ3) is 3.11. The normalized spacial score (nSPS) is 13.3. The summed E-state index contributed by atoms with van der Waals surface area (Å²) in [7, 11) is 0. The maximum Gasteiger partial charge on any atom is 0.335 e. The first-order valence-electron chi connectivity index (χ1n) is 8.71. The summed E-state index contributed by atoms with van der Waals surface area (Å²) in [6.45, 7) is 6.43. The average molecular weight is 364 g/mol. The molecule has 2 heterocycles. The monoisotopic (exact) mass is 364 g/mol. The van der Waals surface area contributed by atoms with E-state index < -0.39 is 12.1 Å². The molecular formula is C22H20O5. The SMILES string of the molecule is CC(C)(C)c1ccc2oc(C(O)c3cc4cc(C(=O)O)ccc4o3)cc2c1. The standard InChI is InChI=1S/C22H20O5/c1-22(2,3)15-5-7-17-14(9-15)11-19(27-17)20(23)18-10-13-8-12(21(24)25)4-6-16(13)26-18/h4-11,20,23H,1-3H3,(H,24,25). The van der Waals surface area contributed by atoms with Gasteiger partial charge >= 0.3 is 5.97 Å². The van der Waals surface area contributed by atoms with E-state index in [0.29, 0.717) is 28.1 Å². The van der Waals surface area contributed by atoms with Crippen LogP contribution in [0.1, 0.15) is 54.3 Å². The fourth-order valence-electron chi connectivity index (χ4n) is 3.14. The number of hydrogen-bond acceptors (Lipinski definition) is 4. The first kappa shape index (κ1) is 17.4. The molecule has 0 spiro atoms. The molecule has 0 saturated heterocycles. The van der Waals surface area contributed by atoms with Gasteiger partial charge in [0.1, 0.15) is 22.7 Å². The Balaban J connectivity index is 1.72. The minimum absolute atomic E-state index is 0.0187. The van der Waals surface area contributed by atoms with Crippen molar-refractivity contribution < 1.29 is 23.8 Å². The van der Waals surface area contributed by atoms with E-state index in [2.05, 4.69) is 26.8 Å². The Morgan fingerprint density at radius 1 is 0.889 bits per heavy atom. The lowest BCUT2D eigenvalue weighted by Gasteiger charge is -2.18. The van der Waals surface area contributed by atoms with Crippen molar-refractivity contribution in [3.63, 3.8) is 0 Å². The number of carboxylic acids is 1. The van der Waals surface area contributed by atoms with E-state index in [4.69, 9.17) is 13.9 Å². The summed E-state index contributed by atoms with van der Waals surface area (Å²) in [4.78, 5) is 11.1. The quantitative estimate of drug-likeness (QED) is 0.518. The first-order chi connectivity index (χ1) is 12.7. The highest BCUT2D eigenvalue weighted by Gasteiger charge is 2.21. The van der Waals surface area contributed by atoms with E-state index in [1.807, 2.05) is 18.2 Å². The average Bonchev–Trinajstić information content (AvgIpc) is 3.22. The van der Waals surface area contributed by atoms with Crippen LogP contribution in [0, 0.1) is 0 Å². The van der Waals surface area contributed by atoms with Gasteiger partial charge in [-0.25, -0.2) is 4.79 Å². The van der Waals surface area contributed by atoms with E-state index in [9.17, 15) is 9.90 Å². The molecule has 0 saturated carbocycles. The number of furan rings is 2. The molecular weight excluding hydrogens is 344 g/mol. The number of carboxylic acid groups (broad SMARTS) is 1. The predicted octanol–water partition coefficient (Wildman–Crippen LogP) is 5.26. The highest BCUT2D eigenvalue weighted by atomic mass is 16.4. The number of carbonyl (C=O) groups is 1. The van der Waals surface area contributed by atoms with Crippen LogP contribution >= 0.6 is 0 Å². The van der Waals surface area contributed by atoms with Gasteiger partial charge in [0.25, 0.3) is 0 Å². The second-order valence-electron chi connectivity index (χ2n) is 7.76. The van der Waals surface area contributed by atoms with Gasteiger partial charge in [-0.1, -0.05) is 26.8 Å². The van der Waals surface area contributed by atoms with Crippen LogP contribution in [-0.2, 0) is 5.41 Å². The summed E-state index contributed by atoms with van der Waals surface area (Å²) < 4.78 is 11.5. The van der Waals surface area contributed by atoms with Crippen LogP contribution in [0.4, 0.5) is 0 Å². The molecule has 0 fully saturated rings. The highest BCUT2D eigenvalue weighted by molar-refractivity contribution is 5.93. The van der Waals surface area contributed by atoms with Gasteiger partial charge in [-0.3, -0.25) is 0 Å². The molecule has 0 bridgehead atoms. The zero-order chi connectivity index (χ0) is 19.3. The van der Waals surface area contributed by atoms with Crippen molar-refractivity contribution in [3.8, 4) is 0 Å². The summed E-state index contributed by atoms with van der Waals surface area (Å²) >= 11 is 0. The summed E-state index contributed by atoms with van der Waals surface area (Å²) in [5, 5.41) is 21.3. The molecule has 138 valence electrons. The molecule has 0 radical (unpaired) electrons. The van der Waals surface area contributed by atoms with E-state index >= 15 is 0 Å². The van der Waals surface area contributed by atoms with Crippen molar-refractivity contribution in [2.75, 3.05) is 0 Å².